The van der Waals surface area contributed by atoms with Crippen molar-refractivity contribution in [3.63, 3.8) is 0 Å². The molecule has 112 valence electrons. The lowest BCUT2D eigenvalue weighted by Crippen LogP contribution is -2.26. The fraction of sp³-hybridized carbons (Fsp3) is 0.400. The zero-order valence-corrected chi connectivity index (χ0v) is 12.1. The lowest BCUT2D eigenvalue weighted by molar-refractivity contribution is -0.137. The molecule has 0 unspecified atom stereocenters. The molecule has 1 N–H and O–H groups in total. The molecule has 1 aromatic heterocycles. The van der Waals surface area contributed by atoms with Crippen LogP contribution in [0.5, 0.6) is 0 Å². The first-order valence-corrected chi connectivity index (χ1v) is 7.76. The average Bonchev–Trinajstić information content (AvgIpc) is 2.97. The molecule has 0 atom stereocenters. The normalized spacial score (nSPS) is 17.1. The number of benzene rings is 1. The van der Waals surface area contributed by atoms with Crippen LogP contribution in [0.3, 0.4) is 0 Å². The van der Waals surface area contributed by atoms with E-state index < -0.39 is 11.7 Å². The molecular formula is C15H15F3N2S. The van der Waals surface area contributed by atoms with Crippen molar-refractivity contribution in [1.29, 1.82) is 0 Å². The molecule has 1 aliphatic rings. The molecule has 0 bridgehead atoms. The van der Waals surface area contributed by atoms with E-state index in [-0.39, 0.29) is 0 Å². The molecule has 2 aromatic rings. The van der Waals surface area contributed by atoms with Gasteiger partial charge in [-0.2, -0.15) is 13.2 Å². The third kappa shape index (κ3) is 3.27. The SMILES string of the molecule is FC(F)(F)c1cccc(-c2nc(C3CCNCC3)cs2)c1. The van der Waals surface area contributed by atoms with Gasteiger partial charge in [0.1, 0.15) is 5.01 Å². The predicted octanol–water partition coefficient (Wildman–Crippen LogP) is 4.30. The van der Waals surface area contributed by atoms with Crippen molar-refractivity contribution in [3.05, 3.63) is 40.9 Å². The monoisotopic (exact) mass is 312 g/mol. The van der Waals surface area contributed by atoms with E-state index in [2.05, 4.69) is 10.3 Å². The summed E-state index contributed by atoms with van der Waals surface area (Å²) in [5.41, 5.74) is 0.919. The molecule has 0 amide bonds. The smallest absolute Gasteiger partial charge is 0.317 e. The van der Waals surface area contributed by atoms with Gasteiger partial charge in [-0.05, 0) is 38.1 Å². The minimum Gasteiger partial charge on any atom is -0.317 e. The number of hydrogen-bond acceptors (Lipinski definition) is 3. The summed E-state index contributed by atoms with van der Waals surface area (Å²) in [7, 11) is 0. The van der Waals surface area contributed by atoms with Crippen LogP contribution in [-0.2, 0) is 6.18 Å². The van der Waals surface area contributed by atoms with Gasteiger partial charge in [0, 0.05) is 16.9 Å². The summed E-state index contributed by atoms with van der Waals surface area (Å²) in [5.74, 6) is 0.419. The van der Waals surface area contributed by atoms with Gasteiger partial charge in [0.25, 0.3) is 0 Å². The lowest BCUT2D eigenvalue weighted by atomic mass is 9.95. The standard InChI is InChI=1S/C15H15F3N2S/c16-15(17,18)12-3-1-2-11(8-12)14-20-13(9-21-14)10-4-6-19-7-5-10/h1-3,8-10,19H,4-7H2. The van der Waals surface area contributed by atoms with E-state index in [9.17, 15) is 13.2 Å². The molecule has 6 heteroatoms. The minimum absolute atomic E-state index is 0.419. The van der Waals surface area contributed by atoms with E-state index in [1.165, 1.54) is 23.5 Å². The minimum atomic E-state index is -4.31. The summed E-state index contributed by atoms with van der Waals surface area (Å²) in [5, 5.41) is 5.94. The zero-order valence-electron chi connectivity index (χ0n) is 11.3. The highest BCUT2D eigenvalue weighted by Gasteiger charge is 2.30. The van der Waals surface area contributed by atoms with Gasteiger partial charge in [0.15, 0.2) is 0 Å². The van der Waals surface area contributed by atoms with Crippen molar-refractivity contribution >= 4 is 11.3 Å². The predicted molar refractivity (Wildman–Crippen MR) is 77.4 cm³/mol. The molecule has 21 heavy (non-hydrogen) atoms. The van der Waals surface area contributed by atoms with E-state index in [0.29, 0.717) is 16.5 Å². The maximum absolute atomic E-state index is 12.8. The van der Waals surface area contributed by atoms with Gasteiger partial charge in [-0.25, -0.2) is 4.98 Å². The summed E-state index contributed by atoms with van der Waals surface area (Å²) < 4.78 is 38.3. The van der Waals surface area contributed by atoms with Gasteiger partial charge in [0.05, 0.1) is 11.3 Å². The first-order chi connectivity index (χ1) is 10.0. The first-order valence-electron chi connectivity index (χ1n) is 6.88. The van der Waals surface area contributed by atoms with E-state index in [4.69, 9.17) is 0 Å². The summed E-state index contributed by atoms with van der Waals surface area (Å²) in [4.78, 5) is 4.55. The molecule has 0 radical (unpaired) electrons. The highest BCUT2D eigenvalue weighted by atomic mass is 32.1. The largest absolute Gasteiger partial charge is 0.416 e. The van der Waals surface area contributed by atoms with Crippen LogP contribution in [0.4, 0.5) is 13.2 Å². The van der Waals surface area contributed by atoms with Gasteiger partial charge in [-0.3, -0.25) is 0 Å². The second kappa shape index (κ2) is 5.77. The number of piperidine rings is 1. The third-order valence-corrected chi connectivity index (χ3v) is 4.63. The summed E-state index contributed by atoms with van der Waals surface area (Å²) >= 11 is 1.42. The molecule has 1 aliphatic heterocycles. The van der Waals surface area contributed by atoms with E-state index in [1.807, 2.05) is 5.38 Å². The van der Waals surface area contributed by atoms with Gasteiger partial charge in [-0.15, -0.1) is 11.3 Å². The molecule has 1 fully saturated rings. The number of hydrogen-bond donors (Lipinski definition) is 1. The fourth-order valence-corrected chi connectivity index (χ4v) is 3.45. The Morgan fingerprint density at radius 1 is 1.19 bits per heavy atom. The van der Waals surface area contributed by atoms with Gasteiger partial charge < -0.3 is 5.32 Å². The van der Waals surface area contributed by atoms with Crippen LogP contribution in [0.1, 0.15) is 30.0 Å². The number of alkyl halides is 3. The van der Waals surface area contributed by atoms with E-state index >= 15 is 0 Å². The quantitative estimate of drug-likeness (QED) is 0.894. The number of halogens is 3. The van der Waals surface area contributed by atoms with Crippen LogP contribution in [0, 0.1) is 0 Å². The molecule has 1 saturated heterocycles. The van der Waals surface area contributed by atoms with Crippen LogP contribution < -0.4 is 5.32 Å². The van der Waals surface area contributed by atoms with Crippen molar-refractivity contribution in [1.82, 2.24) is 10.3 Å². The Bertz CT molecular complexity index is 615. The number of thiazole rings is 1. The van der Waals surface area contributed by atoms with E-state index in [1.54, 1.807) is 6.07 Å². The third-order valence-electron chi connectivity index (χ3n) is 3.72. The van der Waals surface area contributed by atoms with Crippen LogP contribution in [0.25, 0.3) is 10.6 Å². The molecular weight excluding hydrogens is 297 g/mol. The van der Waals surface area contributed by atoms with Crippen LogP contribution in [-0.4, -0.2) is 18.1 Å². The van der Waals surface area contributed by atoms with Crippen LogP contribution in [0.15, 0.2) is 29.6 Å². The van der Waals surface area contributed by atoms with Gasteiger partial charge >= 0.3 is 6.18 Å². The second-order valence-corrected chi connectivity index (χ2v) is 6.04. The Morgan fingerprint density at radius 2 is 1.95 bits per heavy atom. The Kier molecular flexibility index (Phi) is 3.99. The van der Waals surface area contributed by atoms with E-state index in [0.717, 1.165) is 37.7 Å². The zero-order chi connectivity index (χ0) is 14.9. The number of nitrogens with one attached hydrogen (secondary N) is 1. The number of aromatic nitrogens is 1. The number of nitrogens with zero attached hydrogens (tertiary/aromatic N) is 1. The topological polar surface area (TPSA) is 24.9 Å². The second-order valence-electron chi connectivity index (χ2n) is 5.18. The van der Waals surface area contributed by atoms with Crippen LogP contribution in [0.2, 0.25) is 0 Å². The maximum Gasteiger partial charge on any atom is 0.416 e. The summed E-state index contributed by atoms with van der Waals surface area (Å²) in [6, 6.07) is 5.37. The maximum atomic E-state index is 12.8. The Labute approximate surface area is 125 Å². The fourth-order valence-electron chi connectivity index (χ4n) is 2.55. The highest BCUT2D eigenvalue weighted by molar-refractivity contribution is 7.13. The molecule has 3 rings (SSSR count). The number of rotatable bonds is 2. The van der Waals surface area contributed by atoms with Crippen molar-refractivity contribution in [2.45, 2.75) is 24.9 Å². The first kappa shape index (κ1) is 14.5. The van der Waals surface area contributed by atoms with Gasteiger partial charge in [-0.1, -0.05) is 12.1 Å². The Balaban J connectivity index is 1.86. The van der Waals surface area contributed by atoms with Crippen LogP contribution >= 0.6 is 11.3 Å². The Hall–Kier alpha value is -1.40. The molecule has 1 aromatic carbocycles. The average molecular weight is 312 g/mol. The van der Waals surface area contributed by atoms with Crippen molar-refractivity contribution in [3.8, 4) is 10.6 Å². The van der Waals surface area contributed by atoms with Crippen molar-refractivity contribution < 1.29 is 13.2 Å². The van der Waals surface area contributed by atoms with Crippen molar-refractivity contribution in [2.24, 2.45) is 0 Å². The molecule has 0 aliphatic carbocycles. The van der Waals surface area contributed by atoms with Crippen molar-refractivity contribution in [2.75, 3.05) is 13.1 Å². The Morgan fingerprint density at radius 3 is 2.67 bits per heavy atom. The molecule has 0 saturated carbocycles. The lowest BCUT2D eigenvalue weighted by Gasteiger charge is -2.20. The molecule has 2 nitrogen and oxygen atoms in total. The molecule has 2 heterocycles. The molecule has 0 spiro atoms. The summed E-state index contributed by atoms with van der Waals surface area (Å²) in [6.45, 7) is 1.95. The van der Waals surface area contributed by atoms with Gasteiger partial charge in [0.2, 0.25) is 0 Å². The summed E-state index contributed by atoms with van der Waals surface area (Å²) in [6.07, 6.45) is -2.25. The highest BCUT2D eigenvalue weighted by Crippen LogP contribution is 2.34.